The molecule has 1 amide bonds. The fourth-order valence-electron chi connectivity index (χ4n) is 4.42. The van der Waals surface area contributed by atoms with Crippen LogP contribution in [-0.4, -0.2) is 51.6 Å². The normalized spacial score (nSPS) is 20.8. The average Bonchev–Trinajstić information content (AvgIpc) is 3.40. The molecule has 32 heavy (non-hydrogen) atoms. The summed E-state index contributed by atoms with van der Waals surface area (Å²) in [4.78, 5) is 28.8. The number of ether oxygens (including phenoxy) is 1. The second-order valence-corrected chi connectivity index (χ2v) is 8.35. The molecular formula is C25H27N5O2. The highest BCUT2D eigenvalue weighted by atomic mass is 16.5. The number of piperidine rings is 1. The molecule has 0 bridgehead atoms. The largest absolute Gasteiger partial charge is 0.368 e. The maximum atomic E-state index is 12.9. The van der Waals surface area contributed by atoms with Gasteiger partial charge < -0.3 is 15.0 Å². The fourth-order valence-corrected chi connectivity index (χ4v) is 4.42. The Bertz CT molecular complexity index is 1050. The fraction of sp³-hybridized carbons (Fsp3) is 0.360. The van der Waals surface area contributed by atoms with Gasteiger partial charge in [-0.15, -0.1) is 0 Å². The summed E-state index contributed by atoms with van der Waals surface area (Å²) in [6.07, 6.45) is 6.92. The van der Waals surface area contributed by atoms with Crippen LogP contribution < -0.4 is 5.32 Å². The highest BCUT2D eigenvalue weighted by Crippen LogP contribution is 2.30. The summed E-state index contributed by atoms with van der Waals surface area (Å²) >= 11 is 0. The van der Waals surface area contributed by atoms with Gasteiger partial charge in [0, 0.05) is 55.3 Å². The minimum Gasteiger partial charge on any atom is -0.368 e. The predicted octanol–water partition coefficient (Wildman–Crippen LogP) is 4.17. The van der Waals surface area contributed by atoms with Gasteiger partial charge in [-0.05, 0) is 49.9 Å². The number of aromatic nitrogens is 3. The number of carbonyl (C=O) groups excluding carboxylic acids is 1. The number of hydrogen-bond acceptors (Lipinski definition) is 6. The first-order chi connectivity index (χ1) is 15.8. The number of rotatable bonds is 5. The number of hydrogen-bond donors (Lipinski definition) is 1. The maximum absolute atomic E-state index is 12.9. The number of likely N-dealkylation sites (tertiary alicyclic amines) is 1. The molecule has 0 spiro atoms. The van der Waals surface area contributed by atoms with E-state index in [1.54, 1.807) is 12.4 Å². The number of pyridine rings is 1. The summed E-state index contributed by atoms with van der Waals surface area (Å²) in [5, 5.41) is 3.41. The van der Waals surface area contributed by atoms with Gasteiger partial charge in [-0.3, -0.25) is 9.78 Å². The Kier molecular flexibility index (Phi) is 6.07. The monoisotopic (exact) mass is 429 g/mol. The number of nitrogens with one attached hydrogen (secondary N) is 1. The third-order valence-corrected chi connectivity index (χ3v) is 6.07. The van der Waals surface area contributed by atoms with Crippen molar-refractivity contribution in [3.8, 4) is 11.3 Å². The third kappa shape index (κ3) is 4.62. The SMILES string of the molecule is O=C([C@H]1CCCO1)N1CCC[C@H](c2nc(Nc3ccccc3)cc(-c3ccncc3)n2)C1. The summed E-state index contributed by atoms with van der Waals surface area (Å²) in [6.45, 7) is 2.08. The van der Waals surface area contributed by atoms with Gasteiger partial charge in [-0.2, -0.15) is 0 Å². The van der Waals surface area contributed by atoms with Crippen LogP contribution >= 0.6 is 0 Å². The zero-order valence-corrected chi connectivity index (χ0v) is 18.0. The predicted molar refractivity (Wildman–Crippen MR) is 123 cm³/mol. The first-order valence-electron chi connectivity index (χ1n) is 11.3. The van der Waals surface area contributed by atoms with Crippen molar-refractivity contribution in [1.29, 1.82) is 0 Å². The van der Waals surface area contributed by atoms with Crippen LogP contribution in [0.3, 0.4) is 0 Å². The Morgan fingerprint density at radius 1 is 1.03 bits per heavy atom. The summed E-state index contributed by atoms with van der Waals surface area (Å²) in [6, 6.07) is 15.9. The Balaban J connectivity index is 1.44. The van der Waals surface area contributed by atoms with Gasteiger partial charge >= 0.3 is 0 Å². The van der Waals surface area contributed by atoms with E-state index in [1.165, 1.54) is 0 Å². The standard InChI is InChI=1S/C25H27N5O2/c31-25(22-9-5-15-32-22)30-14-4-6-19(17-30)24-28-21(18-10-12-26-13-11-18)16-23(29-24)27-20-7-2-1-3-8-20/h1-3,7-8,10-13,16,19,22H,4-6,9,14-15,17H2,(H,27,28,29)/t19-,22+/m0/s1. The number of anilines is 2. The molecule has 1 N–H and O–H groups in total. The van der Waals surface area contributed by atoms with Gasteiger partial charge in [0.25, 0.3) is 5.91 Å². The van der Waals surface area contributed by atoms with E-state index in [1.807, 2.05) is 53.4 Å². The van der Waals surface area contributed by atoms with Crippen molar-refractivity contribution in [2.75, 3.05) is 25.0 Å². The van der Waals surface area contributed by atoms with E-state index in [-0.39, 0.29) is 17.9 Å². The van der Waals surface area contributed by atoms with Crippen molar-refractivity contribution in [2.24, 2.45) is 0 Å². The Labute approximate surface area is 187 Å². The summed E-state index contributed by atoms with van der Waals surface area (Å²) < 4.78 is 5.63. The molecule has 2 atom stereocenters. The Hall–Kier alpha value is -3.32. The van der Waals surface area contributed by atoms with Gasteiger partial charge in [0.05, 0.1) is 5.69 Å². The molecule has 2 aliphatic heterocycles. The van der Waals surface area contributed by atoms with Crippen molar-refractivity contribution in [3.63, 3.8) is 0 Å². The molecular weight excluding hydrogens is 402 g/mol. The van der Waals surface area contributed by atoms with Crippen LogP contribution in [-0.2, 0) is 9.53 Å². The highest BCUT2D eigenvalue weighted by molar-refractivity contribution is 5.81. The van der Waals surface area contributed by atoms with Crippen LogP contribution in [0.2, 0.25) is 0 Å². The second-order valence-electron chi connectivity index (χ2n) is 8.35. The number of para-hydroxylation sites is 1. The van der Waals surface area contributed by atoms with Crippen molar-refractivity contribution in [1.82, 2.24) is 19.9 Å². The molecule has 0 unspecified atom stereocenters. The van der Waals surface area contributed by atoms with E-state index in [4.69, 9.17) is 14.7 Å². The lowest BCUT2D eigenvalue weighted by Gasteiger charge is -2.33. The summed E-state index contributed by atoms with van der Waals surface area (Å²) in [5.41, 5.74) is 2.80. The lowest BCUT2D eigenvalue weighted by Crippen LogP contribution is -2.44. The lowest BCUT2D eigenvalue weighted by atomic mass is 9.96. The molecule has 164 valence electrons. The third-order valence-electron chi connectivity index (χ3n) is 6.07. The second kappa shape index (κ2) is 9.44. The molecule has 2 saturated heterocycles. The molecule has 2 aromatic heterocycles. The average molecular weight is 430 g/mol. The number of amides is 1. The lowest BCUT2D eigenvalue weighted by molar-refractivity contribution is -0.142. The van der Waals surface area contributed by atoms with E-state index >= 15 is 0 Å². The van der Waals surface area contributed by atoms with Crippen LogP contribution in [0, 0.1) is 0 Å². The number of carbonyl (C=O) groups is 1. The topological polar surface area (TPSA) is 80.2 Å². The Morgan fingerprint density at radius 2 is 1.88 bits per heavy atom. The molecule has 4 heterocycles. The highest BCUT2D eigenvalue weighted by Gasteiger charge is 2.33. The minimum absolute atomic E-state index is 0.0900. The molecule has 0 saturated carbocycles. The van der Waals surface area contributed by atoms with Crippen LogP contribution in [0.1, 0.15) is 37.4 Å². The Morgan fingerprint density at radius 3 is 2.66 bits per heavy atom. The van der Waals surface area contributed by atoms with E-state index in [0.717, 1.165) is 60.8 Å². The van der Waals surface area contributed by atoms with Gasteiger partial charge in [0.1, 0.15) is 17.7 Å². The smallest absolute Gasteiger partial charge is 0.251 e. The van der Waals surface area contributed by atoms with Crippen LogP contribution in [0.4, 0.5) is 11.5 Å². The molecule has 2 aliphatic rings. The summed E-state index contributed by atoms with van der Waals surface area (Å²) in [7, 11) is 0. The zero-order valence-electron chi connectivity index (χ0n) is 18.0. The van der Waals surface area contributed by atoms with Gasteiger partial charge in [0.2, 0.25) is 0 Å². The van der Waals surface area contributed by atoms with E-state index in [2.05, 4.69) is 10.3 Å². The number of nitrogens with zero attached hydrogens (tertiary/aromatic N) is 4. The van der Waals surface area contributed by atoms with Crippen molar-refractivity contribution in [3.05, 3.63) is 66.7 Å². The van der Waals surface area contributed by atoms with Crippen LogP contribution in [0.25, 0.3) is 11.3 Å². The van der Waals surface area contributed by atoms with Crippen LogP contribution in [0.5, 0.6) is 0 Å². The summed E-state index contributed by atoms with van der Waals surface area (Å²) in [5.74, 6) is 1.71. The molecule has 0 radical (unpaired) electrons. The first-order valence-corrected chi connectivity index (χ1v) is 11.3. The van der Waals surface area contributed by atoms with Crippen molar-refractivity contribution < 1.29 is 9.53 Å². The van der Waals surface area contributed by atoms with Crippen molar-refractivity contribution in [2.45, 2.75) is 37.7 Å². The minimum atomic E-state index is -0.284. The zero-order chi connectivity index (χ0) is 21.8. The van der Waals surface area contributed by atoms with E-state index < -0.39 is 0 Å². The molecule has 2 fully saturated rings. The van der Waals surface area contributed by atoms with Gasteiger partial charge in [-0.1, -0.05) is 18.2 Å². The quantitative estimate of drug-likeness (QED) is 0.656. The van der Waals surface area contributed by atoms with Gasteiger partial charge in [-0.25, -0.2) is 9.97 Å². The molecule has 1 aromatic carbocycles. The number of benzene rings is 1. The molecule has 0 aliphatic carbocycles. The van der Waals surface area contributed by atoms with Gasteiger partial charge in [0.15, 0.2) is 0 Å². The molecule has 7 nitrogen and oxygen atoms in total. The molecule has 5 rings (SSSR count). The molecule has 3 aromatic rings. The maximum Gasteiger partial charge on any atom is 0.251 e. The van der Waals surface area contributed by atoms with E-state index in [0.29, 0.717) is 13.2 Å². The van der Waals surface area contributed by atoms with E-state index in [9.17, 15) is 4.79 Å². The van der Waals surface area contributed by atoms with Crippen molar-refractivity contribution >= 4 is 17.4 Å². The van der Waals surface area contributed by atoms with Crippen LogP contribution in [0.15, 0.2) is 60.9 Å². The first kappa shape index (κ1) is 20.6. The molecule has 7 heteroatoms.